The van der Waals surface area contributed by atoms with E-state index in [9.17, 15) is 8.42 Å². The number of para-hydroxylation sites is 1. The zero-order valence-electron chi connectivity index (χ0n) is 11.4. The lowest BCUT2D eigenvalue weighted by Crippen LogP contribution is -2.05. The predicted octanol–water partition coefficient (Wildman–Crippen LogP) is 4.14. The number of halogens is 2. The number of hydrogen-bond acceptors (Lipinski definition) is 4. The average molecular weight is 390 g/mol. The maximum Gasteiger partial charge on any atom is 0.177 e. The number of nitrogen functional groups attached to an aromatic ring is 1. The highest BCUT2D eigenvalue weighted by Gasteiger charge is 2.15. The first kappa shape index (κ1) is 16.1. The third-order valence-electron chi connectivity index (χ3n) is 2.98. The van der Waals surface area contributed by atoms with Gasteiger partial charge in [0.05, 0.1) is 22.0 Å². The lowest BCUT2D eigenvalue weighted by Gasteiger charge is -2.14. The molecule has 0 spiro atoms. The lowest BCUT2D eigenvalue weighted by atomic mass is 10.2. The van der Waals surface area contributed by atoms with E-state index in [1.165, 1.54) is 6.07 Å². The van der Waals surface area contributed by atoms with E-state index in [1.807, 2.05) is 13.0 Å². The summed E-state index contributed by atoms with van der Waals surface area (Å²) in [6.45, 7) is 1.90. The molecule has 0 aliphatic rings. The van der Waals surface area contributed by atoms with Crippen LogP contribution in [-0.2, 0) is 9.84 Å². The lowest BCUT2D eigenvalue weighted by molar-refractivity contribution is 0.602. The van der Waals surface area contributed by atoms with E-state index in [2.05, 4.69) is 21.2 Å². The third-order valence-corrected chi connectivity index (χ3v) is 5.20. The summed E-state index contributed by atoms with van der Waals surface area (Å²) in [6.07, 6.45) is 1.13. The molecule has 0 unspecified atom stereocenters. The minimum absolute atomic E-state index is 0.0989. The Bertz CT molecular complexity index is 807. The first-order valence-electron chi connectivity index (χ1n) is 6.01. The summed E-state index contributed by atoms with van der Waals surface area (Å²) < 4.78 is 24.2. The number of anilines is 3. The molecule has 0 saturated carbocycles. The van der Waals surface area contributed by atoms with Crippen molar-refractivity contribution < 1.29 is 8.42 Å². The maximum absolute atomic E-state index is 11.7. The van der Waals surface area contributed by atoms with Crippen molar-refractivity contribution in [1.82, 2.24) is 0 Å². The van der Waals surface area contributed by atoms with Crippen LogP contribution in [-0.4, -0.2) is 14.7 Å². The van der Waals surface area contributed by atoms with Crippen LogP contribution in [0.15, 0.2) is 39.7 Å². The summed E-state index contributed by atoms with van der Waals surface area (Å²) >= 11 is 9.55. The number of hydrogen-bond donors (Lipinski definition) is 2. The summed E-state index contributed by atoms with van der Waals surface area (Å²) in [4.78, 5) is 0.0989. The smallest absolute Gasteiger partial charge is 0.177 e. The minimum atomic E-state index is -3.38. The molecular weight excluding hydrogens is 376 g/mol. The number of aryl methyl sites for hydroxylation is 1. The van der Waals surface area contributed by atoms with Crippen molar-refractivity contribution in [1.29, 1.82) is 0 Å². The van der Waals surface area contributed by atoms with Crippen molar-refractivity contribution in [3.8, 4) is 0 Å². The zero-order chi connectivity index (χ0) is 15.8. The first-order valence-corrected chi connectivity index (χ1v) is 9.07. The van der Waals surface area contributed by atoms with Crippen LogP contribution in [0.2, 0.25) is 5.02 Å². The fourth-order valence-corrected chi connectivity index (χ4v) is 3.42. The molecule has 21 heavy (non-hydrogen) atoms. The van der Waals surface area contributed by atoms with Gasteiger partial charge in [-0.2, -0.15) is 0 Å². The molecule has 0 atom stereocenters. The molecule has 4 nitrogen and oxygen atoms in total. The molecule has 3 N–H and O–H groups in total. The molecule has 112 valence electrons. The highest BCUT2D eigenvalue weighted by atomic mass is 79.9. The SMILES string of the molecule is Cc1cc(Br)c(Nc2cccc(S(C)(=O)=O)c2N)cc1Cl. The van der Waals surface area contributed by atoms with Gasteiger partial charge in [-0.25, -0.2) is 8.42 Å². The molecule has 0 fully saturated rings. The standard InChI is InChI=1S/C14H14BrClN2O2S/c1-8-6-9(15)12(7-10(8)16)18-11-4-3-5-13(14(11)17)21(2,19)20/h3-7,18H,17H2,1-2H3. The predicted molar refractivity (Wildman–Crippen MR) is 91.1 cm³/mol. The van der Waals surface area contributed by atoms with Gasteiger partial charge >= 0.3 is 0 Å². The van der Waals surface area contributed by atoms with Crippen molar-refractivity contribution in [3.63, 3.8) is 0 Å². The van der Waals surface area contributed by atoms with Crippen molar-refractivity contribution in [2.45, 2.75) is 11.8 Å². The second-order valence-electron chi connectivity index (χ2n) is 4.70. The number of benzene rings is 2. The van der Waals surface area contributed by atoms with Crippen LogP contribution in [0, 0.1) is 6.92 Å². The summed E-state index contributed by atoms with van der Waals surface area (Å²) in [5, 5.41) is 3.71. The van der Waals surface area contributed by atoms with E-state index in [4.69, 9.17) is 17.3 Å². The number of nitrogens with one attached hydrogen (secondary N) is 1. The molecule has 0 bridgehead atoms. The minimum Gasteiger partial charge on any atom is -0.396 e. The van der Waals surface area contributed by atoms with Gasteiger partial charge in [-0.1, -0.05) is 17.7 Å². The molecule has 2 aromatic carbocycles. The largest absolute Gasteiger partial charge is 0.396 e. The first-order chi connectivity index (χ1) is 9.70. The summed E-state index contributed by atoms with van der Waals surface area (Å²) in [5.41, 5.74) is 8.29. The van der Waals surface area contributed by atoms with Crippen LogP contribution in [0.1, 0.15) is 5.56 Å². The van der Waals surface area contributed by atoms with Gasteiger partial charge in [-0.3, -0.25) is 0 Å². The van der Waals surface area contributed by atoms with Crippen LogP contribution in [0.25, 0.3) is 0 Å². The molecule has 2 rings (SSSR count). The van der Waals surface area contributed by atoms with E-state index in [1.54, 1.807) is 18.2 Å². The average Bonchev–Trinajstić information content (AvgIpc) is 2.36. The Labute approximate surface area is 137 Å². The molecule has 0 aliphatic carbocycles. The monoisotopic (exact) mass is 388 g/mol. The Kier molecular flexibility index (Phi) is 4.51. The summed E-state index contributed by atoms with van der Waals surface area (Å²) in [5.74, 6) is 0. The maximum atomic E-state index is 11.7. The van der Waals surface area contributed by atoms with Crippen molar-refractivity contribution in [2.75, 3.05) is 17.3 Å². The summed E-state index contributed by atoms with van der Waals surface area (Å²) in [7, 11) is -3.38. The van der Waals surface area contributed by atoms with Crippen LogP contribution >= 0.6 is 27.5 Å². The molecule has 0 aromatic heterocycles. The fraction of sp³-hybridized carbons (Fsp3) is 0.143. The second-order valence-corrected chi connectivity index (χ2v) is 7.94. The molecule has 0 saturated heterocycles. The Morgan fingerprint density at radius 2 is 1.90 bits per heavy atom. The Morgan fingerprint density at radius 1 is 1.24 bits per heavy atom. The zero-order valence-corrected chi connectivity index (χ0v) is 14.6. The van der Waals surface area contributed by atoms with Gasteiger partial charge in [0.25, 0.3) is 0 Å². The fourth-order valence-electron chi connectivity index (χ4n) is 1.86. The Hall–Kier alpha value is -1.24. The number of nitrogens with two attached hydrogens (primary N) is 1. The van der Waals surface area contributed by atoms with Crippen molar-refractivity contribution in [2.24, 2.45) is 0 Å². The van der Waals surface area contributed by atoms with Crippen molar-refractivity contribution >= 4 is 54.4 Å². The van der Waals surface area contributed by atoms with Crippen LogP contribution in [0.4, 0.5) is 17.1 Å². The van der Waals surface area contributed by atoms with Gasteiger partial charge < -0.3 is 11.1 Å². The molecule has 0 amide bonds. The number of sulfone groups is 1. The Balaban J connectivity index is 2.49. The van der Waals surface area contributed by atoms with Crippen LogP contribution < -0.4 is 11.1 Å². The summed E-state index contributed by atoms with van der Waals surface area (Å²) in [6, 6.07) is 8.46. The Morgan fingerprint density at radius 3 is 2.52 bits per heavy atom. The molecular formula is C14H14BrClN2O2S. The van der Waals surface area contributed by atoms with E-state index in [-0.39, 0.29) is 10.6 Å². The van der Waals surface area contributed by atoms with Gasteiger partial charge in [0.2, 0.25) is 0 Å². The number of rotatable bonds is 3. The molecule has 7 heteroatoms. The van der Waals surface area contributed by atoms with E-state index in [0.717, 1.165) is 16.3 Å². The van der Waals surface area contributed by atoms with E-state index >= 15 is 0 Å². The quantitative estimate of drug-likeness (QED) is 0.774. The topological polar surface area (TPSA) is 72.2 Å². The van der Waals surface area contributed by atoms with Crippen molar-refractivity contribution in [3.05, 3.63) is 45.4 Å². The van der Waals surface area contributed by atoms with E-state index < -0.39 is 9.84 Å². The third kappa shape index (κ3) is 3.51. The molecule has 0 radical (unpaired) electrons. The van der Waals surface area contributed by atoms with Crippen LogP contribution in [0.5, 0.6) is 0 Å². The van der Waals surface area contributed by atoms with Crippen LogP contribution in [0.3, 0.4) is 0 Å². The highest BCUT2D eigenvalue weighted by Crippen LogP contribution is 2.34. The van der Waals surface area contributed by atoms with E-state index in [0.29, 0.717) is 16.4 Å². The van der Waals surface area contributed by atoms with Gasteiger partial charge in [-0.15, -0.1) is 0 Å². The van der Waals surface area contributed by atoms with Gasteiger partial charge in [0.1, 0.15) is 0 Å². The van der Waals surface area contributed by atoms with Gasteiger partial charge in [0, 0.05) is 15.8 Å². The molecule has 0 aliphatic heterocycles. The second kappa shape index (κ2) is 5.87. The normalized spacial score (nSPS) is 11.4. The molecule has 2 aromatic rings. The molecule has 0 heterocycles. The highest BCUT2D eigenvalue weighted by molar-refractivity contribution is 9.10. The van der Waals surface area contributed by atoms with Gasteiger partial charge in [-0.05, 0) is 52.7 Å². The van der Waals surface area contributed by atoms with Gasteiger partial charge in [0.15, 0.2) is 9.84 Å².